The molecule has 0 aromatic heterocycles. The number of carbonyl (C=O) groups is 2. The van der Waals surface area contributed by atoms with Crippen LogP contribution in [-0.4, -0.2) is 23.1 Å². The molecule has 0 bridgehead atoms. The summed E-state index contributed by atoms with van der Waals surface area (Å²) in [5.74, 6) is 3.39. The van der Waals surface area contributed by atoms with E-state index in [4.69, 9.17) is 9.84 Å². The lowest BCUT2D eigenvalue weighted by atomic mass is 9.48. The van der Waals surface area contributed by atoms with Crippen molar-refractivity contribution in [1.29, 1.82) is 0 Å². The van der Waals surface area contributed by atoms with Crippen molar-refractivity contribution in [3.8, 4) is 0 Å². The second-order valence-corrected chi connectivity index (χ2v) is 13.5. The van der Waals surface area contributed by atoms with Crippen molar-refractivity contribution < 1.29 is 19.4 Å². The summed E-state index contributed by atoms with van der Waals surface area (Å²) in [7, 11) is 0. The van der Waals surface area contributed by atoms with Gasteiger partial charge in [-0.3, -0.25) is 9.59 Å². The number of fused-ring (bicyclic) bond motifs is 5. The molecule has 0 radical (unpaired) electrons. The third-order valence-corrected chi connectivity index (χ3v) is 11.0. The van der Waals surface area contributed by atoms with Crippen LogP contribution < -0.4 is 0 Å². The van der Waals surface area contributed by atoms with Crippen LogP contribution in [0.15, 0.2) is 11.6 Å². The summed E-state index contributed by atoms with van der Waals surface area (Å²) >= 11 is 0. The highest BCUT2D eigenvalue weighted by Crippen LogP contribution is 2.66. The Labute approximate surface area is 213 Å². The highest BCUT2D eigenvalue weighted by molar-refractivity contribution is 5.76. The molecule has 3 saturated carbocycles. The third-order valence-electron chi connectivity index (χ3n) is 11.0. The second-order valence-electron chi connectivity index (χ2n) is 13.5. The Kier molecular flexibility index (Phi) is 8.08. The Morgan fingerprint density at radius 1 is 1.06 bits per heavy atom. The number of hydrogen-bond acceptors (Lipinski definition) is 3. The SMILES string of the molecule is CC(C)CCC[C@@H](C)[C@H]1CC[C@H]2[C@H]3CC[C@H]4C[C@@H](OC(=O)CCC(=O)O)CC[C@]4(C)C3=CC[C@]12C. The molecule has 4 rings (SSSR count). The van der Waals surface area contributed by atoms with Gasteiger partial charge in [-0.15, -0.1) is 0 Å². The van der Waals surface area contributed by atoms with Gasteiger partial charge in [0.05, 0.1) is 12.8 Å². The summed E-state index contributed by atoms with van der Waals surface area (Å²) in [6.07, 6.45) is 16.2. The van der Waals surface area contributed by atoms with Crippen LogP contribution in [0.25, 0.3) is 0 Å². The second kappa shape index (κ2) is 10.6. The van der Waals surface area contributed by atoms with E-state index < -0.39 is 5.97 Å². The van der Waals surface area contributed by atoms with Crippen LogP contribution in [0.3, 0.4) is 0 Å². The van der Waals surface area contributed by atoms with E-state index in [2.05, 4.69) is 40.7 Å². The van der Waals surface area contributed by atoms with Gasteiger partial charge in [-0.2, -0.15) is 0 Å². The molecular formula is C31H50O4. The zero-order valence-electron chi connectivity index (χ0n) is 23.0. The summed E-state index contributed by atoms with van der Waals surface area (Å²) < 4.78 is 5.72. The molecule has 4 heteroatoms. The summed E-state index contributed by atoms with van der Waals surface area (Å²) in [6.45, 7) is 12.4. The maximum Gasteiger partial charge on any atom is 0.306 e. The average molecular weight is 487 g/mol. The molecular weight excluding hydrogens is 436 g/mol. The first-order valence-electron chi connectivity index (χ1n) is 14.7. The average Bonchev–Trinajstić information content (AvgIpc) is 3.15. The molecule has 0 unspecified atom stereocenters. The Morgan fingerprint density at radius 3 is 2.54 bits per heavy atom. The van der Waals surface area contributed by atoms with Crippen molar-refractivity contribution in [3.63, 3.8) is 0 Å². The van der Waals surface area contributed by atoms with Crippen LogP contribution in [0.2, 0.25) is 0 Å². The highest BCUT2D eigenvalue weighted by Gasteiger charge is 2.57. The number of carboxylic acid groups (broad SMARTS) is 1. The number of allylic oxidation sites excluding steroid dienone is 2. The first-order valence-corrected chi connectivity index (χ1v) is 14.7. The molecule has 0 heterocycles. The van der Waals surface area contributed by atoms with E-state index in [-0.39, 0.29) is 30.3 Å². The molecule has 0 aliphatic heterocycles. The number of aliphatic carboxylic acids is 1. The molecule has 8 atom stereocenters. The molecule has 0 aromatic rings. The molecule has 4 aliphatic rings. The number of ether oxygens (including phenoxy) is 1. The monoisotopic (exact) mass is 486 g/mol. The lowest BCUT2D eigenvalue weighted by molar-refractivity contribution is -0.156. The van der Waals surface area contributed by atoms with Gasteiger partial charge in [-0.25, -0.2) is 0 Å². The van der Waals surface area contributed by atoms with Crippen LogP contribution in [0, 0.1) is 46.3 Å². The highest BCUT2D eigenvalue weighted by atomic mass is 16.5. The van der Waals surface area contributed by atoms with E-state index >= 15 is 0 Å². The van der Waals surface area contributed by atoms with Crippen molar-refractivity contribution in [1.82, 2.24) is 0 Å². The van der Waals surface area contributed by atoms with E-state index in [9.17, 15) is 9.59 Å². The topological polar surface area (TPSA) is 63.6 Å². The number of carbonyl (C=O) groups excluding carboxylic acids is 1. The molecule has 1 N–H and O–H groups in total. The van der Waals surface area contributed by atoms with Crippen LogP contribution in [0.4, 0.5) is 0 Å². The van der Waals surface area contributed by atoms with Crippen molar-refractivity contribution in [2.75, 3.05) is 0 Å². The van der Waals surface area contributed by atoms with Crippen LogP contribution in [0.1, 0.15) is 118 Å². The predicted octanol–water partition coefficient (Wildman–Crippen LogP) is 7.80. The fraction of sp³-hybridized carbons (Fsp3) is 0.871. The quantitative estimate of drug-likeness (QED) is 0.267. The van der Waals surface area contributed by atoms with Gasteiger partial charge in [0.2, 0.25) is 0 Å². The molecule has 4 nitrogen and oxygen atoms in total. The number of rotatable bonds is 9. The zero-order valence-corrected chi connectivity index (χ0v) is 23.0. The number of carboxylic acids is 1. The molecule has 4 aliphatic carbocycles. The van der Waals surface area contributed by atoms with E-state index in [1.54, 1.807) is 5.57 Å². The lowest BCUT2D eigenvalue weighted by Gasteiger charge is -2.57. The van der Waals surface area contributed by atoms with Gasteiger partial charge in [0.25, 0.3) is 0 Å². The molecule has 0 amide bonds. The Balaban J connectivity index is 1.41. The summed E-state index contributed by atoms with van der Waals surface area (Å²) in [4.78, 5) is 22.9. The van der Waals surface area contributed by atoms with Gasteiger partial charge in [0, 0.05) is 0 Å². The molecule has 198 valence electrons. The molecule has 35 heavy (non-hydrogen) atoms. The fourth-order valence-corrected chi connectivity index (χ4v) is 9.07. The Hall–Kier alpha value is -1.32. The molecule has 3 fully saturated rings. The normalized spacial score (nSPS) is 39.3. The van der Waals surface area contributed by atoms with Crippen LogP contribution >= 0.6 is 0 Å². The van der Waals surface area contributed by atoms with Crippen LogP contribution in [-0.2, 0) is 14.3 Å². The molecule has 0 spiro atoms. The van der Waals surface area contributed by atoms with E-state index in [0.717, 1.165) is 48.9 Å². The van der Waals surface area contributed by atoms with Crippen LogP contribution in [0.5, 0.6) is 0 Å². The van der Waals surface area contributed by atoms with Crippen molar-refractivity contribution in [2.45, 2.75) is 124 Å². The number of esters is 1. The number of hydrogen-bond donors (Lipinski definition) is 1. The summed E-state index contributed by atoms with van der Waals surface area (Å²) in [5.41, 5.74) is 2.46. The van der Waals surface area contributed by atoms with E-state index in [1.807, 2.05) is 0 Å². The Bertz CT molecular complexity index is 815. The van der Waals surface area contributed by atoms with Gasteiger partial charge in [-0.05, 0) is 97.7 Å². The lowest BCUT2D eigenvalue weighted by Crippen LogP contribution is -2.49. The molecule has 0 saturated heterocycles. The smallest absolute Gasteiger partial charge is 0.306 e. The van der Waals surface area contributed by atoms with Crippen molar-refractivity contribution >= 4 is 11.9 Å². The predicted molar refractivity (Wildman–Crippen MR) is 140 cm³/mol. The van der Waals surface area contributed by atoms with Gasteiger partial charge in [0.15, 0.2) is 0 Å². The molecule has 0 aromatic carbocycles. The first-order chi connectivity index (χ1) is 16.5. The van der Waals surface area contributed by atoms with Gasteiger partial charge >= 0.3 is 11.9 Å². The minimum absolute atomic E-state index is 0.0156. The Morgan fingerprint density at radius 2 is 1.83 bits per heavy atom. The zero-order chi connectivity index (χ0) is 25.4. The minimum Gasteiger partial charge on any atom is -0.481 e. The van der Waals surface area contributed by atoms with Gasteiger partial charge in [0.1, 0.15) is 6.10 Å². The largest absolute Gasteiger partial charge is 0.481 e. The maximum atomic E-state index is 12.1. The first kappa shape index (κ1) is 26.7. The summed E-state index contributed by atoms with van der Waals surface area (Å²) in [5, 5.41) is 8.84. The maximum absolute atomic E-state index is 12.1. The van der Waals surface area contributed by atoms with E-state index in [1.165, 1.54) is 51.4 Å². The summed E-state index contributed by atoms with van der Waals surface area (Å²) in [6, 6.07) is 0. The van der Waals surface area contributed by atoms with Gasteiger partial charge in [-0.1, -0.05) is 65.5 Å². The fourth-order valence-electron chi connectivity index (χ4n) is 9.07. The van der Waals surface area contributed by atoms with E-state index in [0.29, 0.717) is 11.3 Å². The van der Waals surface area contributed by atoms with Crippen molar-refractivity contribution in [2.24, 2.45) is 46.3 Å². The van der Waals surface area contributed by atoms with Crippen molar-refractivity contribution in [3.05, 3.63) is 11.6 Å². The minimum atomic E-state index is -0.938. The standard InChI is InChI=1S/C31H50O4/c1-20(2)7-6-8-21(3)25-11-12-26-24-10-9-22-19-23(35-29(34)14-13-28(32)33)15-17-30(22,4)27(24)16-18-31(25,26)5/h16,20-26H,6-15,17-19H2,1-5H3,(H,32,33)/t21-,22+,23+,24-,25-,26+,30+,31-/m1/s1. The van der Waals surface area contributed by atoms with Gasteiger partial charge < -0.3 is 9.84 Å². The third kappa shape index (κ3) is 5.37.